The molecule has 1 fully saturated rings. The van der Waals surface area contributed by atoms with Crippen LogP contribution in [0.3, 0.4) is 0 Å². The van der Waals surface area contributed by atoms with Crippen LogP contribution < -0.4 is 5.32 Å². The minimum absolute atomic E-state index is 0.0888. The van der Waals surface area contributed by atoms with Gasteiger partial charge in [0.1, 0.15) is 19.2 Å². The molecule has 4 rings (SSSR count). The van der Waals surface area contributed by atoms with Gasteiger partial charge in [-0.1, -0.05) is 48.5 Å². The highest BCUT2D eigenvalue weighted by atomic mass is 16.5. The molecular formula is C24H25N3O6. The Morgan fingerprint density at radius 1 is 1.06 bits per heavy atom. The zero-order valence-corrected chi connectivity index (χ0v) is 18.2. The van der Waals surface area contributed by atoms with E-state index in [4.69, 9.17) is 9.84 Å². The molecule has 0 radical (unpaired) electrons. The number of rotatable bonds is 6. The van der Waals surface area contributed by atoms with E-state index in [-0.39, 0.29) is 32.2 Å². The van der Waals surface area contributed by atoms with Crippen LogP contribution in [0.4, 0.5) is 4.79 Å². The Hall–Kier alpha value is -3.88. The number of nitrogens with zero attached hydrogens (tertiary/aromatic N) is 2. The number of carbonyl (C=O) groups is 4. The minimum Gasteiger partial charge on any atom is -0.480 e. The first kappa shape index (κ1) is 22.3. The third kappa shape index (κ3) is 4.67. The fraction of sp³-hybridized carbons (Fsp3) is 0.333. The molecule has 1 atom stereocenters. The van der Waals surface area contributed by atoms with E-state index in [2.05, 4.69) is 5.32 Å². The number of aliphatic carboxylic acids is 1. The molecule has 2 aromatic carbocycles. The van der Waals surface area contributed by atoms with Crippen molar-refractivity contribution in [3.63, 3.8) is 0 Å². The molecule has 0 aromatic heterocycles. The first-order valence-corrected chi connectivity index (χ1v) is 10.7. The second-order valence-electron chi connectivity index (χ2n) is 8.16. The summed E-state index contributed by atoms with van der Waals surface area (Å²) in [5, 5.41) is 11.4. The van der Waals surface area contributed by atoms with Crippen LogP contribution in [0.1, 0.15) is 24.0 Å². The summed E-state index contributed by atoms with van der Waals surface area (Å²) in [5.41, 5.74) is 4.43. The van der Waals surface area contributed by atoms with Crippen molar-refractivity contribution < 1.29 is 29.0 Å². The maximum absolute atomic E-state index is 12.7. The van der Waals surface area contributed by atoms with Gasteiger partial charge >= 0.3 is 12.1 Å². The Bertz CT molecular complexity index is 1060. The van der Waals surface area contributed by atoms with Crippen molar-refractivity contribution in [1.82, 2.24) is 15.1 Å². The molecule has 9 nitrogen and oxygen atoms in total. The average Bonchev–Trinajstić information content (AvgIpc) is 3.12. The van der Waals surface area contributed by atoms with Crippen LogP contribution in [-0.4, -0.2) is 77.6 Å². The van der Waals surface area contributed by atoms with Crippen LogP contribution >= 0.6 is 0 Å². The number of fused-ring (bicyclic) bond motifs is 3. The van der Waals surface area contributed by atoms with Crippen molar-refractivity contribution in [3.05, 3.63) is 59.7 Å². The summed E-state index contributed by atoms with van der Waals surface area (Å²) >= 11 is 0. The standard InChI is InChI=1S/C24H25N3O6/c1-15(23(31)27-11-10-26(13-22(29)30)21(28)12-27)25-24(32)33-14-20-18-8-4-2-6-16(18)17-7-3-5-9-19(17)20/h2-9,15,20H,10-14H2,1H3,(H,25,32)(H,29,30). The molecule has 0 spiro atoms. The summed E-state index contributed by atoms with van der Waals surface area (Å²) in [6.45, 7) is 1.38. The van der Waals surface area contributed by atoms with Gasteiger partial charge in [0.2, 0.25) is 11.8 Å². The maximum atomic E-state index is 12.7. The number of carbonyl (C=O) groups excluding carboxylic acids is 3. The number of piperazine rings is 1. The predicted molar refractivity (Wildman–Crippen MR) is 118 cm³/mol. The Morgan fingerprint density at radius 2 is 1.67 bits per heavy atom. The molecule has 1 saturated heterocycles. The van der Waals surface area contributed by atoms with Crippen LogP contribution in [0.15, 0.2) is 48.5 Å². The summed E-state index contributed by atoms with van der Waals surface area (Å²) in [5.74, 6) is -2.06. The van der Waals surface area contributed by atoms with E-state index in [0.717, 1.165) is 22.3 Å². The molecule has 1 aliphatic heterocycles. The summed E-state index contributed by atoms with van der Waals surface area (Å²) in [4.78, 5) is 50.5. The largest absolute Gasteiger partial charge is 0.480 e. The third-order valence-corrected chi connectivity index (χ3v) is 6.00. The van der Waals surface area contributed by atoms with Crippen molar-refractivity contribution in [2.45, 2.75) is 18.9 Å². The van der Waals surface area contributed by atoms with E-state index >= 15 is 0 Å². The van der Waals surface area contributed by atoms with E-state index in [1.54, 1.807) is 0 Å². The molecule has 2 aliphatic rings. The van der Waals surface area contributed by atoms with Crippen molar-refractivity contribution in [3.8, 4) is 11.1 Å². The van der Waals surface area contributed by atoms with E-state index in [1.807, 2.05) is 48.5 Å². The van der Waals surface area contributed by atoms with Crippen LogP contribution in [0.5, 0.6) is 0 Å². The van der Waals surface area contributed by atoms with Gasteiger partial charge in [-0.15, -0.1) is 0 Å². The third-order valence-electron chi connectivity index (χ3n) is 6.00. The quantitative estimate of drug-likeness (QED) is 0.690. The van der Waals surface area contributed by atoms with E-state index in [1.165, 1.54) is 16.7 Å². The highest BCUT2D eigenvalue weighted by Gasteiger charge is 2.32. The lowest BCUT2D eigenvalue weighted by Crippen LogP contribution is -2.57. The summed E-state index contributed by atoms with van der Waals surface area (Å²) in [6.07, 6.45) is -0.714. The minimum atomic E-state index is -1.10. The number of carboxylic acid groups (broad SMARTS) is 1. The number of carboxylic acids is 1. The summed E-state index contributed by atoms with van der Waals surface area (Å²) in [6, 6.07) is 15.1. The fourth-order valence-corrected chi connectivity index (χ4v) is 4.38. The number of ether oxygens (including phenoxy) is 1. The van der Waals surface area contributed by atoms with Gasteiger partial charge in [0.15, 0.2) is 0 Å². The van der Waals surface area contributed by atoms with Crippen LogP contribution in [-0.2, 0) is 19.1 Å². The second-order valence-corrected chi connectivity index (χ2v) is 8.16. The Balaban J connectivity index is 1.32. The van der Waals surface area contributed by atoms with Gasteiger partial charge < -0.3 is 25.0 Å². The van der Waals surface area contributed by atoms with Gasteiger partial charge in [-0.2, -0.15) is 0 Å². The lowest BCUT2D eigenvalue weighted by atomic mass is 9.98. The number of hydrogen-bond acceptors (Lipinski definition) is 5. The molecule has 0 bridgehead atoms. The zero-order valence-electron chi connectivity index (χ0n) is 18.2. The first-order chi connectivity index (χ1) is 15.8. The fourth-order valence-electron chi connectivity index (χ4n) is 4.38. The van der Waals surface area contributed by atoms with E-state index in [9.17, 15) is 19.2 Å². The van der Waals surface area contributed by atoms with Crippen LogP contribution in [0.2, 0.25) is 0 Å². The maximum Gasteiger partial charge on any atom is 0.407 e. The van der Waals surface area contributed by atoms with Gasteiger partial charge in [0.05, 0.1) is 6.54 Å². The highest BCUT2D eigenvalue weighted by Crippen LogP contribution is 2.44. The van der Waals surface area contributed by atoms with Crippen molar-refractivity contribution >= 4 is 23.9 Å². The summed E-state index contributed by atoms with van der Waals surface area (Å²) in [7, 11) is 0. The van der Waals surface area contributed by atoms with Crippen molar-refractivity contribution in [1.29, 1.82) is 0 Å². The van der Waals surface area contributed by atoms with E-state index < -0.39 is 36.5 Å². The molecule has 9 heteroatoms. The molecule has 1 heterocycles. The Kier molecular flexibility index (Phi) is 6.30. The summed E-state index contributed by atoms with van der Waals surface area (Å²) < 4.78 is 5.47. The molecule has 1 aliphatic carbocycles. The molecular weight excluding hydrogens is 426 g/mol. The number of hydrogen-bond donors (Lipinski definition) is 2. The van der Waals surface area contributed by atoms with Gasteiger partial charge in [0.25, 0.3) is 0 Å². The smallest absolute Gasteiger partial charge is 0.407 e. The highest BCUT2D eigenvalue weighted by molar-refractivity contribution is 5.91. The van der Waals surface area contributed by atoms with E-state index in [0.29, 0.717) is 0 Å². The van der Waals surface area contributed by atoms with Crippen molar-refractivity contribution in [2.75, 3.05) is 32.8 Å². The van der Waals surface area contributed by atoms with Gasteiger partial charge in [-0.3, -0.25) is 14.4 Å². The lowest BCUT2D eigenvalue weighted by Gasteiger charge is -2.34. The Labute approximate surface area is 190 Å². The molecule has 3 amide bonds. The number of nitrogens with one attached hydrogen (secondary N) is 1. The molecule has 172 valence electrons. The topological polar surface area (TPSA) is 116 Å². The molecule has 33 heavy (non-hydrogen) atoms. The number of benzene rings is 2. The van der Waals surface area contributed by atoms with Crippen LogP contribution in [0, 0.1) is 0 Å². The Morgan fingerprint density at radius 3 is 2.24 bits per heavy atom. The molecule has 2 N–H and O–H groups in total. The predicted octanol–water partition coefficient (Wildman–Crippen LogP) is 1.67. The first-order valence-electron chi connectivity index (χ1n) is 10.7. The van der Waals surface area contributed by atoms with Crippen molar-refractivity contribution in [2.24, 2.45) is 0 Å². The average molecular weight is 451 g/mol. The van der Waals surface area contributed by atoms with Crippen LogP contribution in [0.25, 0.3) is 11.1 Å². The number of amides is 3. The SMILES string of the molecule is CC(NC(=O)OCC1c2ccccc2-c2ccccc21)C(=O)N1CCN(CC(=O)O)C(=O)C1. The normalized spacial score (nSPS) is 16.1. The molecule has 2 aromatic rings. The van der Waals surface area contributed by atoms with Gasteiger partial charge in [-0.05, 0) is 29.2 Å². The molecule has 0 saturated carbocycles. The zero-order chi connectivity index (χ0) is 23.5. The van der Waals surface area contributed by atoms with Gasteiger partial charge in [-0.25, -0.2) is 4.79 Å². The molecule has 1 unspecified atom stereocenters. The lowest BCUT2D eigenvalue weighted by molar-refractivity contribution is -0.150. The monoisotopic (exact) mass is 451 g/mol. The van der Waals surface area contributed by atoms with Gasteiger partial charge in [0, 0.05) is 19.0 Å². The number of alkyl carbamates (subject to hydrolysis) is 1. The second kappa shape index (κ2) is 9.32.